The fourth-order valence-corrected chi connectivity index (χ4v) is 0.876. The summed E-state index contributed by atoms with van der Waals surface area (Å²) in [5.41, 5.74) is 0.605. The third-order valence-corrected chi connectivity index (χ3v) is 2.55. The zero-order valence-electron chi connectivity index (χ0n) is 11.5. The van der Waals surface area contributed by atoms with Gasteiger partial charge in [-0.1, -0.05) is 13.2 Å². The molecule has 7 nitrogen and oxygen atoms in total. The maximum absolute atomic E-state index is 10.7. The normalized spacial score (nSPS) is 12.3. The van der Waals surface area contributed by atoms with Crippen molar-refractivity contribution in [3.05, 3.63) is 24.3 Å². The van der Waals surface area contributed by atoms with Gasteiger partial charge in [0.25, 0.3) is 0 Å². The van der Waals surface area contributed by atoms with E-state index in [1.165, 1.54) is 14.0 Å². The monoisotopic (exact) mass is 294 g/mol. The van der Waals surface area contributed by atoms with E-state index in [0.717, 1.165) is 7.11 Å². The van der Waals surface area contributed by atoms with Crippen LogP contribution in [0, 0.1) is 0 Å². The molecule has 0 aromatic carbocycles. The number of esters is 2. The average Bonchev–Trinajstić information content (AvgIpc) is 2.35. The predicted molar refractivity (Wildman–Crippen MR) is 69.4 cm³/mol. The quantitative estimate of drug-likeness (QED) is 0.467. The summed E-state index contributed by atoms with van der Waals surface area (Å²) < 4.78 is 23.6. The van der Waals surface area contributed by atoms with E-state index in [1.54, 1.807) is 6.92 Å². The van der Waals surface area contributed by atoms with E-state index >= 15 is 0 Å². The maximum atomic E-state index is 10.7. The lowest BCUT2D eigenvalue weighted by molar-refractivity contribution is -0.137. The Labute approximate surface area is 112 Å². The minimum Gasteiger partial charge on any atom is -0.466 e. The van der Waals surface area contributed by atoms with Gasteiger partial charge in [-0.3, -0.25) is 4.57 Å². The fourth-order valence-electron chi connectivity index (χ4n) is 0.490. The molecule has 0 saturated heterocycles. The Balaban J connectivity index is 0. The molecule has 0 fully saturated rings. The number of rotatable bonds is 5. The van der Waals surface area contributed by atoms with Gasteiger partial charge in [0.1, 0.15) is 0 Å². The molecule has 19 heavy (non-hydrogen) atoms. The lowest BCUT2D eigenvalue weighted by atomic mass is 10.4. The predicted octanol–water partition coefficient (Wildman–Crippen LogP) is 1.63. The second kappa shape index (κ2) is 9.49. The van der Waals surface area contributed by atoms with Crippen LogP contribution in [0.1, 0.15) is 13.8 Å². The van der Waals surface area contributed by atoms with E-state index in [0.29, 0.717) is 5.57 Å². The topological polar surface area (TPSA) is 99.1 Å². The molecule has 0 spiro atoms. The van der Waals surface area contributed by atoms with Gasteiger partial charge in [-0.25, -0.2) is 9.59 Å². The molecule has 0 heterocycles. The largest absolute Gasteiger partial charge is 0.466 e. The van der Waals surface area contributed by atoms with Crippen LogP contribution in [0.3, 0.4) is 0 Å². The second-order valence-corrected chi connectivity index (χ2v) is 5.33. The van der Waals surface area contributed by atoms with Crippen LogP contribution in [-0.4, -0.2) is 37.4 Å². The Hall–Kier alpha value is -1.43. The van der Waals surface area contributed by atoms with Crippen molar-refractivity contribution in [2.24, 2.45) is 0 Å². The van der Waals surface area contributed by atoms with E-state index in [4.69, 9.17) is 4.89 Å². The van der Waals surface area contributed by atoms with Gasteiger partial charge < -0.3 is 18.9 Å². The Morgan fingerprint density at radius 2 is 1.53 bits per heavy atom. The van der Waals surface area contributed by atoms with E-state index in [-0.39, 0.29) is 11.5 Å². The highest BCUT2D eigenvalue weighted by atomic mass is 31.2. The lowest BCUT2D eigenvalue weighted by Gasteiger charge is -2.08. The van der Waals surface area contributed by atoms with Crippen LogP contribution in [0.4, 0.5) is 0 Å². The molecule has 0 rings (SSSR count). The Bertz CT molecular complexity index is 400. The van der Waals surface area contributed by atoms with Crippen molar-refractivity contribution in [3.63, 3.8) is 0 Å². The van der Waals surface area contributed by atoms with E-state index in [1.807, 2.05) is 0 Å². The molecule has 0 aromatic heterocycles. The molecule has 0 bridgehead atoms. The molecule has 0 aliphatic carbocycles. The molecule has 0 amide bonds. The Morgan fingerprint density at radius 3 is 1.74 bits per heavy atom. The van der Waals surface area contributed by atoms with Gasteiger partial charge in [0.05, 0.1) is 7.11 Å². The summed E-state index contributed by atoms with van der Waals surface area (Å²) in [5, 5.41) is 0. The lowest BCUT2D eigenvalue weighted by Crippen LogP contribution is -2.07. The molecular formula is C11H19O7P. The summed E-state index contributed by atoms with van der Waals surface area (Å²) in [6.07, 6.45) is -0.644. The van der Waals surface area contributed by atoms with Gasteiger partial charge in [-0.2, -0.15) is 0 Å². The minimum atomic E-state index is -3.75. The fraction of sp³-hybridized carbons (Fsp3) is 0.455. The Morgan fingerprint density at radius 1 is 1.11 bits per heavy atom. The first-order chi connectivity index (χ1) is 8.57. The smallest absolute Gasteiger partial charge is 0.365 e. The first-order valence-corrected chi connectivity index (χ1v) is 6.77. The van der Waals surface area contributed by atoms with Crippen LogP contribution in [0.2, 0.25) is 0 Å². The van der Waals surface area contributed by atoms with Crippen molar-refractivity contribution in [1.29, 1.82) is 0 Å². The van der Waals surface area contributed by atoms with Gasteiger partial charge in [0.2, 0.25) is 0 Å². The highest BCUT2D eigenvalue weighted by molar-refractivity contribution is 7.52. The zero-order chi connectivity index (χ0) is 15.6. The maximum Gasteiger partial charge on any atom is 0.365 e. The van der Waals surface area contributed by atoms with Gasteiger partial charge >= 0.3 is 19.5 Å². The summed E-state index contributed by atoms with van der Waals surface area (Å²) in [6.45, 7) is 9.69. The minimum absolute atomic E-state index is 0.172. The number of hydrogen-bond donors (Lipinski definition) is 1. The van der Waals surface area contributed by atoms with E-state index in [9.17, 15) is 14.2 Å². The van der Waals surface area contributed by atoms with Crippen molar-refractivity contribution < 1.29 is 33.0 Å². The second-order valence-electron chi connectivity index (χ2n) is 3.43. The third kappa shape index (κ3) is 11.4. The van der Waals surface area contributed by atoms with Crippen molar-refractivity contribution in [3.8, 4) is 0 Å². The van der Waals surface area contributed by atoms with Crippen molar-refractivity contribution >= 4 is 19.5 Å². The summed E-state index contributed by atoms with van der Waals surface area (Å²) in [7, 11) is -1.36. The molecule has 0 aliphatic rings. The molecule has 8 heteroatoms. The summed E-state index contributed by atoms with van der Waals surface area (Å²) in [5.74, 6) is -1.05. The highest BCUT2D eigenvalue weighted by Gasteiger charge is 2.19. The molecule has 0 radical (unpaired) electrons. The van der Waals surface area contributed by atoms with E-state index in [2.05, 4.69) is 27.2 Å². The zero-order valence-corrected chi connectivity index (χ0v) is 12.4. The van der Waals surface area contributed by atoms with Crippen LogP contribution in [-0.2, 0) is 28.2 Å². The molecule has 110 valence electrons. The number of hydrogen-bond acceptors (Lipinski definition) is 6. The van der Waals surface area contributed by atoms with Crippen LogP contribution >= 0.6 is 7.60 Å². The SMILES string of the molecule is C=C(C)C(=O)OC.C=C(C)C(=O)OCP(=O)(O)OC. The number of carbonyl (C=O) groups is 2. The third-order valence-electron chi connectivity index (χ3n) is 1.53. The summed E-state index contributed by atoms with van der Waals surface area (Å²) >= 11 is 0. The molecule has 0 aliphatic heterocycles. The first-order valence-electron chi connectivity index (χ1n) is 5.01. The molecule has 1 N–H and O–H groups in total. The van der Waals surface area contributed by atoms with Crippen molar-refractivity contribution in [2.75, 3.05) is 20.6 Å². The summed E-state index contributed by atoms with van der Waals surface area (Å²) in [6, 6.07) is 0. The highest BCUT2D eigenvalue weighted by Crippen LogP contribution is 2.40. The van der Waals surface area contributed by atoms with Gasteiger partial charge in [0.15, 0.2) is 6.35 Å². The molecular weight excluding hydrogens is 275 g/mol. The van der Waals surface area contributed by atoms with Crippen LogP contribution in [0.25, 0.3) is 0 Å². The first kappa shape index (κ1) is 19.9. The van der Waals surface area contributed by atoms with Crippen molar-refractivity contribution in [1.82, 2.24) is 0 Å². The van der Waals surface area contributed by atoms with Crippen LogP contribution in [0.15, 0.2) is 24.3 Å². The molecule has 1 unspecified atom stereocenters. The summed E-state index contributed by atoms with van der Waals surface area (Å²) in [4.78, 5) is 29.7. The average molecular weight is 294 g/mol. The number of carbonyl (C=O) groups excluding carboxylic acids is 2. The number of ether oxygens (including phenoxy) is 2. The number of methoxy groups -OCH3 is 1. The standard InChI is InChI=1S/C6H11O5P.C5H8O2/c1-5(2)6(7)11-4-12(8,9)10-3;1-4(2)5(6)7-3/h1,4H2,2-3H3,(H,8,9);1H2,2-3H3. The molecule has 0 aromatic rings. The van der Waals surface area contributed by atoms with Gasteiger partial charge in [-0.05, 0) is 13.8 Å². The van der Waals surface area contributed by atoms with Gasteiger partial charge in [0, 0.05) is 18.3 Å². The van der Waals surface area contributed by atoms with Crippen molar-refractivity contribution in [2.45, 2.75) is 13.8 Å². The van der Waals surface area contributed by atoms with E-state index < -0.39 is 19.9 Å². The molecule has 1 atom stereocenters. The Kier molecular flexibility index (Phi) is 9.94. The van der Waals surface area contributed by atoms with Crippen LogP contribution < -0.4 is 0 Å². The van der Waals surface area contributed by atoms with Crippen LogP contribution in [0.5, 0.6) is 0 Å². The molecule has 0 saturated carbocycles. The van der Waals surface area contributed by atoms with Gasteiger partial charge in [-0.15, -0.1) is 0 Å².